The van der Waals surface area contributed by atoms with Crippen molar-refractivity contribution in [2.45, 2.75) is 12.7 Å². The second kappa shape index (κ2) is 9.40. The number of carbonyl (C=O) groups excluding carboxylic acids is 3. The second-order valence-electron chi connectivity index (χ2n) is 5.27. The Morgan fingerprint density at radius 1 is 1.08 bits per heavy atom. The molecule has 0 atom stereocenters. The van der Waals surface area contributed by atoms with Crippen LogP contribution in [0.1, 0.15) is 31.2 Å². The average molecular weight is 393 g/mol. The van der Waals surface area contributed by atoms with Gasteiger partial charge in [-0.1, -0.05) is 30.3 Å². The highest BCUT2D eigenvalue weighted by molar-refractivity contribution is 7.99. The van der Waals surface area contributed by atoms with E-state index < -0.39 is 11.9 Å². The summed E-state index contributed by atoms with van der Waals surface area (Å²) in [6.07, 6.45) is 0. The molecule has 1 aromatic heterocycles. The van der Waals surface area contributed by atoms with Crippen molar-refractivity contribution in [2.75, 3.05) is 25.3 Å². The molecule has 2 rings (SSSR count). The van der Waals surface area contributed by atoms with Crippen LogP contribution in [0.3, 0.4) is 0 Å². The molecule has 1 N–H and O–H groups in total. The summed E-state index contributed by atoms with van der Waals surface area (Å²) in [5.74, 6) is -0.499. The van der Waals surface area contributed by atoms with Crippen molar-refractivity contribution in [3.8, 4) is 0 Å². The van der Waals surface area contributed by atoms with Crippen LogP contribution < -0.4 is 5.32 Å². The van der Waals surface area contributed by atoms with E-state index in [-0.39, 0.29) is 22.1 Å². The third-order valence-electron chi connectivity index (χ3n) is 3.50. The molecule has 6 nitrogen and oxygen atoms in total. The van der Waals surface area contributed by atoms with Crippen LogP contribution in [0.25, 0.3) is 0 Å². The minimum atomic E-state index is -0.610. The van der Waals surface area contributed by atoms with Crippen LogP contribution in [0.5, 0.6) is 0 Å². The first kappa shape index (κ1) is 20.0. The summed E-state index contributed by atoms with van der Waals surface area (Å²) >= 11 is 2.46. The zero-order valence-electron chi connectivity index (χ0n) is 14.7. The fraction of sp³-hybridized carbons (Fsp3) is 0.278. The van der Waals surface area contributed by atoms with Crippen LogP contribution in [0, 0.1) is 6.92 Å². The van der Waals surface area contributed by atoms with E-state index in [1.165, 1.54) is 26.0 Å². The topological polar surface area (TPSA) is 81.7 Å². The molecule has 0 fully saturated rings. The fourth-order valence-corrected chi connectivity index (χ4v) is 4.15. The number of methoxy groups -OCH3 is 2. The molecule has 0 saturated carbocycles. The number of carbonyl (C=O) groups is 3. The highest BCUT2D eigenvalue weighted by Gasteiger charge is 2.26. The normalized spacial score (nSPS) is 10.3. The van der Waals surface area contributed by atoms with Gasteiger partial charge in [0, 0.05) is 5.75 Å². The molecule has 0 aliphatic carbocycles. The maximum Gasteiger partial charge on any atom is 0.348 e. The zero-order valence-corrected chi connectivity index (χ0v) is 16.3. The second-order valence-corrected chi connectivity index (χ2v) is 7.28. The minimum absolute atomic E-state index is 0.180. The van der Waals surface area contributed by atoms with Gasteiger partial charge in [-0.05, 0) is 18.1 Å². The lowest BCUT2D eigenvalue weighted by molar-refractivity contribution is -0.113. The van der Waals surface area contributed by atoms with E-state index in [1.807, 2.05) is 30.3 Å². The van der Waals surface area contributed by atoms with Crippen LogP contribution in [0.2, 0.25) is 0 Å². The average Bonchev–Trinajstić information content (AvgIpc) is 2.97. The number of nitrogens with one attached hydrogen (secondary N) is 1. The van der Waals surface area contributed by atoms with Crippen LogP contribution in [0.15, 0.2) is 30.3 Å². The summed E-state index contributed by atoms with van der Waals surface area (Å²) < 4.78 is 9.48. The van der Waals surface area contributed by atoms with Gasteiger partial charge >= 0.3 is 11.9 Å². The molecule has 0 unspecified atom stereocenters. The van der Waals surface area contributed by atoms with Gasteiger partial charge in [0.15, 0.2) is 0 Å². The number of esters is 2. The van der Waals surface area contributed by atoms with Crippen molar-refractivity contribution in [2.24, 2.45) is 0 Å². The van der Waals surface area contributed by atoms with Crippen molar-refractivity contribution >= 4 is 45.9 Å². The van der Waals surface area contributed by atoms with Crippen molar-refractivity contribution in [1.82, 2.24) is 0 Å². The summed E-state index contributed by atoms with van der Waals surface area (Å²) in [5.41, 5.74) is 1.74. The Kier molecular flexibility index (Phi) is 7.23. The highest BCUT2D eigenvalue weighted by Crippen LogP contribution is 2.34. The number of amides is 1. The van der Waals surface area contributed by atoms with E-state index in [9.17, 15) is 14.4 Å². The molecule has 1 heterocycles. The smallest absolute Gasteiger partial charge is 0.348 e. The molecule has 1 aromatic carbocycles. The van der Waals surface area contributed by atoms with E-state index >= 15 is 0 Å². The van der Waals surface area contributed by atoms with Crippen LogP contribution >= 0.6 is 23.1 Å². The number of thiophene rings is 1. The van der Waals surface area contributed by atoms with E-state index in [2.05, 4.69) is 5.32 Å². The van der Waals surface area contributed by atoms with Gasteiger partial charge in [-0.3, -0.25) is 4.79 Å². The van der Waals surface area contributed by atoms with Crippen LogP contribution in [-0.2, 0) is 20.0 Å². The number of hydrogen-bond donors (Lipinski definition) is 1. The number of hydrogen-bond acceptors (Lipinski definition) is 7. The Morgan fingerprint density at radius 3 is 2.35 bits per heavy atom. The summed E-state index contributed by atoms with van der Waals surface area (Å²) in [4.78, 5) is 36.4. The molecular formula is C18H19NO5S2. The summed E-state index contributed by atoms with van der Waals surface area (Å²) in [6, 6.07) is 9.81. The standard InChI is InChI=1S/C18H19NO5S2/c1-11-14(17(21)23-2)16(26-15(11)18(22)24-3)19-13(20)10-25-9-12-7-5-4-6-8-12/h4-8H,9-10H2,1-3H3,(H,19,20). The summed E-state index contributed by atoms with van der Waals surface area (Å²) in [7, 11) is 2.51. The molecule has 1 amide bonds. The van der Waals surface area contributed by atoms with E-state index in [0.29, 0.717) is 16.3 Å². The van der Waals surface area contributed by atoms with Gasteiger partial charge in [0.1, 0.15) is 9.88 Å². The number of anilines is 1. The summed E-state index contributed by atoms with van der Waals surface area (Å²) in [6.45, 7) is 1.62. The van der Waals surface area contributed by atoms with Crippen molar-refractivity contribution < 1.29 is 23.9 Å². The number of benzene rings is 1. The van der Waals surface area contributed by atoms with E-state index in [0.717, 1.165) is 16.9 Å². The van der Waals surface area contributed by atoms with Crippen molar-refractivity contribution in [3.63, 3.8) is 0 Å². The molecule has 0 spiro atoms. The SMILES string of the molecule is COC(=O)c1sc(NC(=O)CSCc2ccccc2)c(C(=O)OC)c1C. The molecule has 8 heteroatoms. The molecule has 138 valence electrons. The van der Waals surface area contributed by atoms with Crippen molar-refractivity contribution in [1.29, 1.82) is 0 Å². The molecule has 0 bridgehead atoms. The Morgan fingerprint density at radius 2 is 1.73 bits per heavy atom. The largest absolute Gasteiger partial charge is 0.465 e. The van der Waals surface area contributed by atoms with E-state index in [4.69, 9.17) is 9.47 Å². The van der Waals surface area contributed by atoms with Gasteiger partial charge in [0.05, 0.1) is 25.5 Å². The maximum absolute atomic E-state index is 12.2. The van der Waals surface area contributed by atoms with Gasteiger partial charge in [0.2, 0.25) is 5.91 Å². The van der Waals surface area contributed by atoms with Gasteiger partial charge in [-0.15, -0.1) is 23.1 Å². The lowest BCUT2D eigenvalue weighted by atomic mass is 10.1. The fourth-order valence-electron chi connectivity index (χ4n) is 2.24. The van der Waals surface area contributed by atoms with Gasteiger partial charge in [-0.2, -0.15) is 0 Å². The van der Waals surface area contributed by atoms with Crippen LogP contribution in [0.4, 0.5) is 5.00 Å². The molecule has 26 heavy (non-hydrogen) atoms. The number of rotatable bonds is 7. The highest BCUT2D eigenvalue weighted by atomic mass is 32.2. The molecule has 0 radical (unpaired) electrons. The molecule has 0 aliphatic rings. The van der Waals surface area contributed by atoms with E-state index in [1.54, 1.807) is 6.92 Å². The lowest BCUT2D eigenvalue weighted by Crippen LogP contribution is -2.16. The Hall–Kier alpha value is -2.32. The molecular weight excluding hydrogens is 374 g/mol. The number of thioether (sulfide) groups is 1. The zero-order chi connectivity index (χ0) is 19.1. The molecule has 0 saturated heterocycles. The Labute approximate surface area is 159 Å². The number of ether oxygens (including phenoxy) is 2. The first-order chi connectivity index (χ1) is 12.5. The lowest BCUT2D eigenvalue weighted by Gasteiger charge is -2.06. The third kappa shape index (κ3) is 4.86. The Bertz CT molecular complexity index is 801. The van der Waals surface area contributed by atoms with Gasteiger partial charge in [0.25, 0.3) is 0 Å². The maximum atomic E-state index is 12.2. The molecule has 0 aliphatic heterocycles. The molecule has 2 aromatic rings. The first-order valence-electron chi connectivity index (χ1n) is 7.69. The van der Waals surface area contributed by atoms with Gasteiger partial charge < -0.3 is 14.8 Å². The minimum Gasteiger partial charge on any atom is -0.465 e. The predicted octanol–water partition coefficient (Wildman–Crippen LogP) is 3.50. The van der Waals surface area contributed by atoms with Crippen molar-refractivity contribution in [3.05, 3.63) is 51.9 Å². The van der Waals surface area contributed by atoms with Crippen LogP contribution in [-0.4, -0.2) is 37.8 Å². The Balaban J connectivity index is 2.08. The monoisotopic (exact) mass is 393 g/mol. The van der Waals surface area contributed by atoms with Gasteiger partial charge in [-0.25, -0.2) is 9.59 Å². The summed E-state index contributed by atoms with van der Waals surface area (Å²) in [5, 5.41) is 2.99. The first-order valence-corrected chi connectivity index (χ1v) is 9.66. The predicted molar refractivity (Wildman–Crippen MR) is 103 cm³/mol. The third-order valence-corrected chi connectivity index (χ3v) is 5.70. The quantitative estimate of drug-likeness (QED) is 0.725.